The molecular formula is C18H14O2S. The van der Waals surface area contributed by atoms with Gasteiger partial charge in [-0.1, -0.05) is 53.8 Å². The van der Waals surface area contributed by atoms with Gasteiger partial charge in [0.2, 0.25) is 4.74 Å². The molecular weight excluding hydrogens is 280 g/mol. The highest BCUT2D eigenvalue weighted by atomic mass is 32.1. The topological polar surface area (TPSA) is 26.3 Å². The van der Waals surface area contributed by atoms with Gasteiger partial charge in [-0.25, -0.2) is 0 Å². The lowest BCUT2D eigenvalue weighted by atomic mass is 10.1. The molecule has 2 nitrogen and oxygen atoms in total. The van der Waals surface area contributed by atoms with Gasteiger partial charge in [-0.3, -0.25) is 4.79 Å². The molecule has 0 aliphatic rings. The van der Waals surface area contributed by atoms with Crippen LogP contribution in [-0.4, -0.2) is 7.11 Å². The van der Waals surface area contributed by atoms with Crippen molar-refractivity contribution in [1.82, 2.24) is 0 Å². The summed E-state index contributed by atoms with van der Waals surface area (Å²) in [5, 5.41) is 0. The van der Waals surface area contributed by atoms with Crippen molar-refractivity contribution in [3.8, 4) is 27.3 Å². The monoisotopic (exact) mass is 294 g/mol. The van der Waals surface area contributed by atoms with Crippen LogP contribution in [0.3, 0.4) is 0 Å². The molecule has 0 spiro atoms. The van der Waals surface area contributed by atoms with Gasteiger partial charge in [0.05, 0.1) is 7.11 Å². The van der Waals surface area contributed by atoms with E-state index in [0.29, 0.717) is 0 Å². The fraction of sp³-hybridized carbons (Fsp3) is 0.0556. The molecule has 104 valence electrons. The van der Waals surface area contributed by atoms with Crippen molar-refractivity contribution in [2.45, 2.75) is 0 Å². The molecule has 0 saturated heterocycles. The normalized spacial score (nSPS) is 10.3. The highest BCUT2D eigenvalue weighted by Crippen LogP contribution is 2.28. The minimum atomic E-state index is 0.0576. The highest BCUT2D eigenvalue weighted by molar-refractivity contribution is 7.12. The number of rotatable bonds is 3. The molecule has 0 aliphatic heterocycles. The average Bonchev–Trinajstić information content (AvgIpc) is 2.55. The Kier molecular flexibility index (Phi) is 3.84. The quantitative estimate of drug-likeness (QED) is 0.713. The zero-order valence-electron chi connectivity index (χ0n) is 11.6. The average molecular weight is 294 g/mol. The lowest BCUT2D eigenvalue weighted by Gasteiger charge is -2.06. The first kappa shape index (κ1) is 13.6. The summed E-state index contributed by atoms with van der Waals surface area (Å²) in [4.78, 5) is 13.0. The zero-order valence-corrected chi connectivity index (χ0v) is 12.4. The summed E-state index contributed by atoms with van der Waals surface area (Å²) < 4.78 is 5.22. The molecule has 0 amide bonds. The molecule has 2 aromatic carbocycles. The van der Waals surface area contributed by atoms with Crippen molar-refractivity contribution in [2.24, 2.45) is 0 Å². The second-order valence-corrected chi connectivity index (χ2v) is 5.67. The Hall–Kier alpha value is -2.39. The van der Waals surface area contributed by atoms with Gasteiger partial charge in [0.25, 0.3) is 0 Å². The molecule has 0 saturated carbocycles. The largest absolute Gasteiger partial charge is 0.497 e. The van der Waals surface area contributed by atoms with Crippen LogP contribution in [0, 0.1) is 0 Å². The summed E-state index contributed by atoms with van der Waals surface area (Å²) in [5.41, 5.74) is 3.01. The lowest BCUT2D eigenvalue weighted by molar-refractivity contribution is 0.415. The van der Waals surface area contributed by atoms with Gasteiger partial charge in [0, 0.05) is 10.9 Å². The van der Waals surface area contributed by atoms with Crippen LogP contribution in [-0.2, 0) is 0 Å². The number of methoxy groups -OCH3 is 1. The third kappa shape index (κ3) is 3.03. The first-order valence-electron chi connectivity index (χ1n) is 6.61. The minimum absolute atomic E-state index is 0.0576. The van der Waals surface area contributed by atoms with Crippen LogP contribution < -0.4 is 9.48 Å². The second-order valence-electron chi connectivity index (χ2n) is 4.62. The van der Waals surface area contributed by atoms with Crippen LogP contribution >= 0.6 is 11.3 Å². The van der Waals surface area contributed by atoms with Gasteiger partial charge in [-0.05, 0) is 34.9 Å². The minimum Gasteiger partial charge on any atom is -0.497 e. The van der Waals surface area contributed by atoms with Gasteiger partial charge in [-0.2, -0.15) is 0 Å². The molecule has 0 atom stereocenters. The van der Waals surface area contributed by atoms with Crippen molar-refractivity contribution < 1.29 is 4.74 Å². The highest BCUT2D eigenvalue weighted by Gasteiger charge is 2.05. The Morgan fingerprint density at radius 2 is 1.52 bits per heavy atom. The third-order valence-electron chi connectivity index (χ3n) is 3.25. The van der Waals surface area contributed by atoms with E-state index in [4.69, 9.17) is 4.74 Å². The van der Waals surface area contributed by atoms with Crippen molar-refractivity contribution in [1.29, 1.82) is 0 Å². The molecule has 0 N–H and O–H groups in total. The van der Waals surface area contributed by atoms with Crippen molar-refractivity contribution in [3.05, 3.63) is 76.3 Å². The fourth-order valence-electron chi connectivity index (χ4n) is 2.17. The summed E-state index contributed by atoms with van der Waals surface area (Å²) in [6, 6.07) is 21.4. The molecule has 0 fully saturated rings. The van der Waals surface area contributed by atoms with E-state index in [1.54, 1.807) is 13.2 Å². The number of ether oxygens (including phenoxy) is 1. The summed E-state index contributed by atoms with van der Waals surface area (Å²) in [5.74, 6) is 0.808. The predicted molar refractivity (Wildman–Crippen MR) is 88.0 cm³/mol. The van der Waals surface area contributed by atoms with E-state index >= 15 is 0 Å². The summed E-state index contributed by atoms with van der Waals surface area (Å²) >= 11 is 1.27. The number of benzene rings is 2. The van der Waals surface area contributed by atoms with E-state index < -0.39 is 0 Å². The Labute approximate surface area is 127 Å². The van der Waals surface area contributed by atoms with Gasteiger partial charge >= 0.3 is 0 Å². The van der Waals surface area contributed by atoms with Crippen molar-refractivity contribution in [2.75, 3.05) is 7.11 Å². The SMILES string of the molecule is COc1ccc(-c2cc(-c3ccccc3)sc(=O)c2)cc1. The first-order chi connectivity index (χ1) is 10.3. The fourth-order valence-corrected chi connectivity index (χ4v) is 3.01. The Balaban J connectivity index is 2.07. The van der Waals surface area contributed by atoms with Gasteiger partial charge < -0.3 is 4.74 Å². The third-order valence-corrected chi connectivity index (χ3v) is 4.14. The van der Waals surface area contributed by atoms with Crippen LogP contribution in [0.2, 0.25) is 0 Å². The van der Waals surface area contributed by atoms with Crippen LogP contribution in [0.15, 0.2) is 71.5 Å². The second kappa shape index (κ2) is 5.94. The maximum absolute atomic E-state index is 12.0. The Morgan fingerprint density at radius 1 is 0.810 bits per heavy atom. The van der Waals surface area contributed by atoms with Crippen LogP contribution in [0.5, 0.6) is 5.75 Å². The standard InChI is InChI=1S/C18H14O2S/c1-20-16-9-7-13(8-10-16)15-11-17(21-18(19)12-15)14-5-3-2-4-6-14/h2-12H,1H3. The van der Waals surface area contributed by atoms with Crippen LogP contribution in [0.25, 0.3) is 21.6 Å². The van der Waals surface area contributed by atoms with E-state index in [1.807, 2.05) is 54.6 Å². The van der Waals surface area contributed by atoms with E-state index in [2.05, 4.69) is 6.07 Å². The van der Waals surface area contributed by atoms with E-state index in [-0.39, 0.29) is 4.74 Å². The zero-order chi connectivity index (χ0) is 14.7. The van der Waals surface area contributed by atoms with Crippen molar-refractivity contribution >= 4 is 11.3 Å². The summed E-state index contributed by atoms with van der Waals surface area (Å²) in [6.45, 7) is 0. The van der Waals surface area contributed by atoms with Gasteiger partial charge in [0.1, 0.15) is 5.75 Å². The lowest BCUT2D eigenvalue weighted by Crippen LogP contribution is -1.94. The molecule has 1 heterocycles. The Morgan fingerprint density at radius 3 is 2.19 bits per heavy atom. The molecule has 21 heavy (non-hydrogen) atoms. The first-order valence-corrected chi connectivity index (χ1v) is 7.43. The molecule has 0 radical (unpaired) electrons. The smallest absolute Gasteiger partial charge is 0.233 e. The van der Waals surface area contributed by atoms with Crippen LogP contribution in [0.4, 0.5) is 0 Å². The molecule has 3 rings (SSSR count). The maximum atomic E-state index is 12.0. The number of hydrogen-bond donors (Lipinski definition) is 0. The van der Waals surface area contributed by atoms with Crippen molar-refractivity contribution in [3.63, 3.8) is 0 Å². The molecule has 0 unspecified atom stereocenters. The molecule has 1 aromatic heterocycles. The van der Waals surface area contributed by atoms with E-state index in [9.17, 15) is 4.79 Å². The Bertz CT molecular complexity index is 789. The summed E-state index contributed by atoms with van der Waals surface area (Å²) in [7, 11) is 1.64. The van der Waals surface area contributed by atoms with E-state index in [0.717, 1.165) is 27.3 Å². The van der Waals surface area contributed by atoms with E-state index in [1.165, 1.54) is 11.3 Å². The summed E-state index contributed by atoms with van der Waals surface area (Å²) in [6.07, 6.45) is 0. The number of hydrogen-bond acceptors (Lipinski definition) is 3. The molecule has 0 aliphatic carbocycles. The molecule has 3 aromatic rings. The van der Waals surface area contributed by atoms with Gasteiger partial charge in [0.15, 0.2) is 0 Å². The molecule has 0 bridgehead atoms. The van der Waals surface area contributed by atoms with Gasteiger partial charge in [-0.15, -0.1) is 0 Å². The molecule has 3 heteroatoms. The predicted octanol–water partition coefficient (Wildman–Crippen LogP) is 4.45. The van der Waals surface area contributed by atoms with Crippen LogP contribution in [0.1, 0.15) is 0 Å². The maximum Gasteiger partial charge on any atom is 0.233 e.